The van der Waals surface area contributed by atoms with Gasteiger partial charge in [0.25, 0.3) is 11.8 Å². The van der Waals surface area contributed by atoms with E-state index in [4.69, 9.17) is 18.9 Å². The molecule has 3 rings (SSSR count). The minimum atomic E-state index is -0.438. The molecule has 2 aromatic carbocycles. The van der Waals surface area contributed by atoms with E-state index in [2.05, 4.69) is 5.32 Å². The molecule has 0 saturated carbocycles. The molecule has 9 nitrogen and oxygen atoms in total. The van der Waals surface area contributed by atoms with Crippen LogP contribution in [0.4, 0.5) is 0 Å². The van der Waals surface area contributed by atoms with Gasteiger partial charge in [-0.2, -0.15) is 0 Å². The molecular formula is C28H36N2O7. The van der Waals surface area contributed by atoms with E-state index in [1.165, 1.54) is 6.92 Å². The minimum absolute atomic E-state index is 0.0882. The topological polar surface area (TPSA) is 103 Å². The Hall–Kier alpha value is -3.75. The van der Waals surface area contributed by atoms with Crippen molar-refractivity contribution < 1.29 is 33.3 Å². The fourth-order valence-corrected chi connectivity index (χ4v) is 4.24. The van der Waals surface area contributed by atoms with Crippen molar-refractivity contribution in [3.05, 3.63) is 47.5 Å². The zero-order valence-corrected chi connectivity index (χ0v) is 22.0. The van der Waals surface area contributed by atoms with Crippen molar-refractivity contribution in [2.75, 3.05) is 39.5 Å². The van der Waals surface area contributed by atoms with Crippen LogP contribution in [0.25, 0.3) is 0 Å². The largest absolute Gasteiger partial charge is 0.490 e. The highest BCUT2D eigenvalue weighted by Crippen LogP contribution is 2.39. The smallest absolute Gasteiger partial charge is 0.308 e. The van der Waals surface area contributed by atoms with Gasteiger partial charge in [0, 0.05) is 37.7 Å². The number of nitrogens with one attached hydrogen (secondary N) is 1. The Bertz CT molecular complexity index is 1070. The zero-order chi connectivity index (χ0) is 26.8. The summed E-state index contributed by atoms with van der Waals surface area (Å²) in [6.07, 6.45) is 1.54. The number of nitrogens with zero attached hydrogens (tertiary/aromatic N) is 1. The van der Waals surface area contributed by atoms with Crippen LogP contribution >= 0.6 is 0 Å². The van der Waals surface area contributed by atoms with Crippen LogP contribution in [0.2, 0.25) is 0 Å². The number of likely N-dealkylation sites (tertiary alicyclic amines) is 1. The van der Waals surface area contributed by atoms with Crippen LogP contribution < -0.4 is 24.3 Å². The summed E-state index contributed by atoms with van der Waals surface area (Å²) in [6, 6.07) is 9.95. The Morgan fingerprint density at radius 3 is 2.08 bits per heavy atom. The maximum absolute atomic E-state index is 13.3. The predicted octanol–water partition coefficient (Wildman–Crippen LogP) is 4.09. The first kappa shape index (κ1) is 27.8. The van der Waals surface area contributed by atoms with Crippen LogP contribution in [0.3, 0.4) is 0 Å². The number of rotatable bonds is 11. The monoisotopic (exact) mass is 512 g/mol. The maximum atomic E-state index is 13.3. The summed E-state index contributed by atoms with van der Waals surface area (Å²) in [4.78, 5) is 38.9. The third-order valence-corrected chi connectivity index (χ3v) is 5.97. The first-order valence-electron chi connectivity index (χ1n) is 12.8. The third-order valence-electron chi connectivity index (χ3n) is 5.97. The molecule has 1 heterocycles. The zero-order valence-electron chi connectivity index (χ0n) is 22.0. The number of ether oxygens (including phenoxy) is 4. The Balaban J connectivity index is 1.59. The van der Waals surface area contributed by atoms with Crippen molar-refractivity contribution >= 4 is 17.8 Å². The van der Waals surface area contributed by atoms with Gasteiger partial charge < -0.3 is 29.2 Å². The van der Waals surface area contributed by atoms with Crippen LogP contribution in [-0.2, 0) is 4.79 Å². The molecule has 0 unspecified atom stereocenters. The summed E-state index contributed by atoms with van der Waals surface area (Å²) >= 11 is 0. The van der Waals surface area contributed by atoms with Gasteiger partial charge in [0.05, 0.1) is 19.8 Å². The highest BCUT2D eigenvalue weighted by molar-refractivity contribution is 5.96. The summed E-state index contributed by atoms with van der Waals surface area (Å²) in [6.45, 7) is 9.97. The van der Waals surface area contributed by atoms with Crippen molar-refractivity contribution in [1.29, 1.82) is 0 Å². The van der Waals surface area contributed by atoms with E-state index in [9.17, 15) is 14.4 Å². The molecule has 1 fully saturated rings. The van der Waals surface area contributed by atoms with Crippen LogP contribution in [0.15, 0.2) is 36.4 Å². The first-order valence-corrected chi connectivity index (χ1v) is 12.8. The second-order valence-corrected chi connectivity index (χ2v) is 8.67. The van der Waals surface area contributed by atoms with Crippen molar-refractivity contribution in [2.45, 2.75) is 40.5 Å². The van der Waals surface area contributed by atoms with E-state index in [1.54, 1.807) is 36.4 Å². The van der Waals surface area contributed by atoms with Crippen molar-refractivity contribution in [3.63, 3.8) is 0 Å². The number of esters is 1. The van der Waals surface area contributed by atoms with Crippen molar-refractivity contribution in [1.82, 2.24) is 10.2 Å². The Labute approximate surface area is 218 Å². The van der Waals surface area contributed by atoms with Crippen molar-refractivity contribution in [2.24, 2.45) is 5.92 Å². The van der Waals surface area contributed by atoms with Crippen LogP contribution in [0.5, 0.6) is 23.0 Å². The second-order valence-electron chi connectivity index (χ2n) is 8.67. The SMILES string of the molecule is CCOc1cc(C(=O)N2CCC(CNC(=O)c3cccc(OC(C)=O)c3)CC2)cc(OCC)c1OCC. The molecule has 37 heavy (non-hydrogen) atoms. The molecule has 0 aliphatic carbocycles. The molecule has 0 spiro atoms. The average Bonchev–Trinajstić information content (AvgIpc) is 2.89. The predicted molar refractivity (Wildman–Crippen MR) is 139 cm³/mol. The first-order chi connectivity index (χ1) is 17.9. The maximum Gasteiger partial charge on any atom is 0.308 e. The highest BCUT2D eigenvalue weighted by Gasteiger charge is 2.26. The molecule has 1 aliphatic heterocycles. The molecule has 1 aliphatic rings. The lowest BCUT2D eigenvalue weighted by Crippen LogP contribution is -2.41. The molecule has 2 aromatic rings. The number of amides is 2. The van der Waals surface area contributed by atoms with Gasteiger partial charge in [-0.05, 0) is 69.9 Å². The standard InChI is InChI=1S/C28H36N2O7/c1-5-34-24-16-22(17-25(35-6-2)26(24)36-7-3)28(33)30-13-11-20(12-14-30)18-29-27(32)21-9-8-10-23(15-21)37-19(4)31/h8-10,15-17,20H,5-7,11-14,18H2,1-4H3,(H,29,32). The normalized spacial score (nSPS) is 13.6. The quantitative estimate of drug-likeness (QED) is 0.357. The number of piperidine rings is 1. The molecule has 0 aromatic heterocycles. The molecule has 0 atom stereocenters. The van der Waals surface area contributed by atoms with Crippen LogP contribution in [-0.4, -0.2) is 62.1 Å². The van der Waals surface area contributed by atoms with Gasteiger partial charge in [-0.15, -0.1) is 0 Å². The van der Waals surface area contributed by atoms with Gasteiger partial charge in [-0.25, -0.2) is 0 Å². The Kier molecular flexibility index (Phi) is 10.2. The van der Waals surface area contributed by atoms with Gasteiger partial charge in [0.2, 0.25) is 5.75 Å². The van der Waals surface area contributed by atoms with E-state index in [1.807, 2.05) is 25.7 Å². The number of carbonyl (C=O) groups excluding carboxylic acids is 3. The summed E-state index contributed by atoms with van der Waals surface area (Å²) in [7, 11) is 0. The van der Waals surface area contributed by atoms with Crippen molar-refractivity contribution in [3.8, 4) is 23.0 Å². The summed E-state index contributed by atoms with van der Waals surface area (Å²) in [5, 5.41) is 2.96. The lowest BCUT2D eigenvalue weighted by Gasteiger charge is -2.32. The second kappa shape index (κ2) is 13.5. The minimum Gasteiger partial charge on any atom is -0.490 e. The molecule has 1 saturated heterocycles. The van der Waals surface area contributed by atoms with E-state index < -0.39 is 5.97 Å². The van der Waals surface area contributed by atoms with E-state index >= 15 is 0 Å². The molecule has 200 valence electrons. The molecule has 1 N–H and O–H groups in total. The van der Waals surface area contributed by atoms with Gasteiger partial charge in [0.1, 0.15) is 5.75 Å². The molecule has 0 bridgehead atoms. The average molecular weight is 513 g/mol. The number of hydrogen-bond acceptors (Lipinski definition) is 7. The van der Waals surface area contributed by atoms with E-state index in [-0.39, 0.29) is 17.7 Å². The van der Waals surface area contributed by atoms with E-state index in [0.29, 0.717) is 73.6 Å². The molecule has 9 heteroatoms. The summed E-state index contributed by atoms with van der Waals surface area (Å²) < 4.78 is 22.3. The van der Waals surface area contributed by atoms with E-state index in [0.717, 1.165) is 12.8 Å². The molecule has 2 amide bonds. The van der Waals surface area contributed by atoms with Gasteiger partial charge in [-0.3, -0.25) is 14.4 Å². The third kappa shape index (κ3) is 7.62. The van der Waals surface area contributed by atoms with Gasteiger partial charge >= 0.3 is 5.97 Å². The van der Waals surface area contributed by atoms with Gasteiger partial charge in [-0.1, -0.05) is 6.07 Å². The molecule has 0 radical (unpaired) electrons. The van der Waals surface area contributed by atoms with Crippen LogP contribution in [0.1, 0.15) is 61.3 Å². The number of benzene rings is 2. The Morgan fingerprint density at radius 2 is 1.51 bits per heavy atom. The molecular weight excluding hydrogens is 476 g/mol. The number of carbonyl (C=O) groups is 3. The van der Waals surface area contributed by atoms with Crippen LogP contribution in [0, 0.1) is 5.92 Å². The Morgan fingerprint density at radius 1 is 0.892 bits per heavy atom. The fourth-order valence-electron chi connectivity index (χ4n) is 4.24. The lowest BCUT2D eigenvalue weighted by molar-refractivity contribution is -0.131. The summed E-state index contributed by atoms with van der Waals surface area (Å²) in [5.74, 6) is 1.33. The number of hydrogen-bond donors (Lipinski definition) is 1. The highest BCUT2D eigenvalue weighted by atomic mass is 16.5. The van der Waals surface area contributed by atoms with Gasteiger partial charge in [0.15, 0.2) is 11.5 Å². The lowest BCUT2D eigenvalue weighted by atomic mass is 9.96. The fraction of sp³-hybridized carbons (Fsp3) is 0.464. The summed E-state index contributed by atoms with van der Waals surface area (Å²) in [5.41, 5.74) is 0.923.